The Morgan fingerprint density at radius 1 is 1.10 bits per heavy atom. The highest BCUT2D eigenvalue weighted by atomic mass is 15.2. The molecule has 0 bridgehead atoms. The molecule has 0 amide bonds. The van der Waals surface area contributed by atoms with Crippen molar-refractivity contribution in [2.75, 3.05) is 18.5 Å². The van der Waals surface area contributed by atoms with Crippen LogP contribution in [-0.4, -0.2) is 33.1 Å². The van der Waals surface area contributed by atoms with Crippen molar-refractivity contribution < 1.29 is 0 Å². The van der Waals surface area contributed by atoms with Crippen LogP contribution in [-0.2, 0) is 6.54 Å². The van der Waals surface area contributed by atoms with Crippen molar-refractivity contribution in [1.82, 2.24) is 19.5 Å². The maximum Gasteiger partial charge on any atom is 0.149 e. The summed E-state index contributed by atoms with van der Waals surface area (Å²) in [5.74, 6) is 0.928. The summed E-state index contributed by atoms with van der Waals surface area (Å²) < 4.78 is 2.16. The van der Waals surface area contributed by atoms with Crippen molar-refractivity contribution in [3.8, 4) is 0 Å². The van der Waals surface area contributed by atoms with Crippen molar-refractivity contribution in [3.63, 3.8) is 0 Å². The number of rotatable bonds is 4. The molecule has 0 spiro atoms. The molecule has 0 unspecified atom stereocenters. The van der Waals surface area contributed by atoms with Gasteiger partial charge in [-0.05, 0) is 19.1 Å². The van der Waals surface area contributed by atoms with Crippen molar-refractivity contribution >= 4 is 16.9 Å². The number of anilines is 1. The van der Waals surface area contributed by atoms with Crippen LogP contribution in [0.5, 0.6) is 0 Å². The Hall–Kier alpha value is -2.43. The van der Waals surface area contributed by atoms with E-state index in [9.17, 15) is 0 Å². The fourth-order valence-corrected chi connectivity index (χ4v) is 2.33. The Bertz CT molecular complexity index is 719. The summed E-state index contributed by atoms with van der Waals surface area (Å²) in [6, 6.07) is 8.17. The molecule has 102 valence electrons. The molecule has 0 saturated carbocycles. The minimum absolute atomic E-state index is 0.861. The molecule has 20 heavy (non-hydrogen) atoms. The van der Waals surface area contributed by atoms with Gasteiger partial charge in [-0.25, -0.2) is 9.97 Å². The minimum atomic E-state index is 0.861. The van der Waals surface area contributed by atoms with Crippen LogP contribution < -0.4 is 4.90 Å². The number of aryl methyl sites for hydroxylation is 1. The van der Waals surface area contributed by atoms with Gasteiger partial charge >= 0.3 is 0 Å². The van der Waals surface area contributed by atoms with Gasteiger partial charge in [0.15, 0.2) is 0 Å². The molecule has 1 aromatic carbocycles. The van der Waals surface area contributed by atoms with Crippen LogP contribution in [0.3, 0.4) is 0 Å². The highest BCUT2D eigenvalue weighted by Crippen LogP contribution is 2.14. The van der Waals surface area contributed by atoms with Crippen LogP contribution in [0.4, 0.5) is 5.82 Å². The van der Waals surface area contributed by atoms with Crippen molar-refractivity contribution in [2.45, 2.75) is 13.5 Å². The number of hydrogen-bond donors (Lipinski definition) is 0. The molecule has 3 rings (SSSR count). The predicted molar refractivity (Wildman–Crippen MR) is 79.8 cm³/mol. The number of benzene rings is 1. The molecule has 2 heterocycles. The first-order valence-electron chi connectivity index (χ1n) is 6.64. The number of likely N-dealkylation sites (N-methyl/N-ethyl adjacent to an activating group) is 1. The normalized spacial score (nSPS) is 10.9. The molecule has 2 aromatic heterocycles. The van der Waals surface area contributed by atoms with Crippen LogP contribution in [0, 0.1) is 6.92 Å². The highest BCUT2D eigenvalue weighted by molar-refractivity contribution is 5.74. The summed E-state index contributed by atoms with van der Waals surface area (Å²) in [5, 5.41) is 0. The molecule has 0 aliphatic rings. The van der Waals surface area contributed by atoms with Crippen LogP contribution in [0.25, 0.3) is 11.0 Å². The van der Waals surface area contributed by atoms with E-state index in [0.717, 1.165) is 35.6 Å². The van der Waals surface area contributed by atoms with Gasteiger partial charge in [0.25, 0.3) is 0 Å². The second kappa shape index (κ2) is 5.28. The van der Waals surface area contributed by atoms with E-state index in [0.29, 0.717) is 0 Å². The first-order valence-corrected chi connectivity index (χ1v) is 6.64. The largest absolute Gasteiger partial charge is 0.356 e. The summed E-state index contributed by atoms with van der Waals surface area (Å²) >= 11 is 0. The fourth-order valence-electron chi connectivity index (χ4n) is 2.33. The Morgan fingerprint density at radius 2 is 1.90 bits per heavy atom. The number of fused-ring (bicyclic) bond motifs is 1. The van der Waals surface area contributed by atoms with Crippen molar-refractivity contribution in [2.24, 2.45) is 0 Å². The Kier molecular flexibility index (Phi) is 3.33. The molecule has 0 fully saturated rings. The Balaban J connectivity index is 1.75. The smallest absolute Gasteiger partial charge is 0.149 e. The maximum absolute atomic E-state index is 4.40. The molecule has 5 heteroatoms. The van der Waals surface area contributed by atoms with Gasteiger partial charge in [-0.1, -0.05) is 12.1 Å². The van der Waals surface area contributed by atoms with Gasteiger partial charge < -0.3 is 9.47 Å². The zero-order valence-corrected chi connectivity index (χ0v) is 11.7. The number of aromatic nitrogens is 4. The van der Waals surface area contributed by atoms with Gasteiger partial charge in [-0.3, -0.25) is 4.98 Å². The minimum Gasteiger partial charge on any atom is -0.356 e. The molecule has 5 nitrogen and oxygen atoms in total. The topological polar surface area (TPSA) is 46.8 Å². The molecule has 0 aliphatic heterocycles. The predicted octanol–water partition coefficient (Wildman–Crippen LogP) is 2.27. The van der Waals surface area contributed by atoms with E-state index in [2.05, 4.69) is 30.5 Å². The van der Waals surface area contributed by atoms with Crippen LogP contribution in [0.2, 0.25) is 0 Å². The average molecular weight is 267 g/mol. The van der Waals surface area contributed by atoms with E-state index in [-0.39, 0.29) is 0 Å². The van der Waals surface area contributed by atoms with Gasteiger partial charge in [0, 0.05) is 32.5 Å². The quantitative estimate of drug-likeness (QED) is 0.727. The van der Waals surface area contributed by atoms with Crippen molar-refractivity contribution in [3.05, 3.63) is 48.7 Å². The first kappa shape index (κ1) is 12.6. The molecular weight excluding hydrogens is 250 g/mol. The third-order valence-electron chi connectivity index (χ3n) is 3.42. The molecule has 0 saturated heterocycles. The second-order valence-corrected chi connectivity index (χ2v) is 4.81. The molecule has 0 N–H and O–H groups in total. The van der Waals surface area contributed by atoms with E-state index >= 15 is 0 Å². The molecule has 0 atom stereocenters. The summed E-state index contributed by atoms with van der Waals surface area (Å²) in [6.45, 7) is 3.71. The number of para-hydroxylation sites is 2. The first-order chi connectivity index (χ1) is 9.75. The molecule has 3 aromatic rings. The van der Waals surface area contributed by atoms with Gasteiger partial charge in [-0.15, -0.1) is 0 Å². The third kappa shape index (κ3) is 2.34. The Labute approximate surface area is 117 Å². The van der Waals surface area contributed by atoms with Gasteiger partial charge in [0.2, 0.25) is 0 Å². The van der Waals surface area contributed by atoms with E-state index in [1.165, 1.54) is 0 Å². The standard InChI is InChI=1S/C15H17N5/c1-12-15(17-8-7-16-12)19(2)9-10-20-11-18-13-5-3-4-6-14(13)20/h3-8,11H,9-10H2,1-2H3. The lowest BCUT2D eigenvalue weighted by Gasteiger charge is -2.19. The van der Waals surface area contributed by atoms with Crippen LogP contribution in [0.1, 0.15) is 5.69 Å². The second-order valence-electron chi connectivity index (χ2n) is 4.81. The number of hydrogen-bond acceptors (Lipinski definition) is 4. The Morgan fingerprint density at radius 3 is 2.75 bits per heavy atom. The zero-order valence-electron chi connectivity index (χ0n) is 11.7. The van der Waals surface area contributed by atoms with Crippen LogP contribution >= 0.6 is 0 Å². The summed E-state index contributed by atoms with van der Waals surface area (Å²) in [4.78, 5) is 15.2. The lowest BCUT2D eigenvalue weighted by Crippen LogP contribution is -2.24. The molecule has 0 aliphatic carbocycles. The summed E-state index contributed by atoms with van der Waals surface area (Å²) in [7, 11) is 2.04. The maximum atomic E-state index is 4.40. The summed E-state index contributed by atoms with van der Waals surface area (Å²) in [6.07, 6.45) is 5.34. The zero-order chi connectivity index (χ0) is 13.9. The SMILES string of the molecule is Cc1nccnc1N(C)CCn1cnc2ccccc21. The van der Waals surface area contributed by atoms with Gasteiger partial charge in [-0.2, -0.15) is 0 Å². The number of imidazole rings is 1. The van der Waals surface area contributed by atoms with Gasteiger partial charge in [0.05, 0.1) is 23.1 Å². The number of nitrogens with zero attached hydrogens (tertiary/aromatic N) is 5. The summed E-state index contributed by atoms with van der Waals surface area (Å²) in [5.41, 5.74) is 3.15. The molecule has 0 radical (unpaired) electrons. The lowest BCUT2D eigenvalue weighted by molar-refractivity contribution is 0.694. The fraction of sp³-hybridized carbons (Fsp3) is 0.267. The van der Waals surface area contributed by atoms with Gasteiger partial charge in [0.1, 0.15) is 5.82 Å². The van der Waals surface area contributed by atoms with E-state index in [1.807, 2.05) is 38.5 Å². The van der Waals surface area contributed by atoms with Crippen LogP contribution in [0.15, 0.2) is 43.0 Å². The lowest BCUT2D eigenvalue weighted by atomic mass is 10.3. The highest BCUT2D eigenvalue weighted by Gasteiger charge is 2.07. The average Bonchev–Trinajstić information content (AvgIpc) is 2.88. The van der Waals surface area contributed by atoms with E-state index < -0.39 is 0 Å². The monoisotopic (exact) mass is 267 g/mol. The van der Waals surface area contributed by atoms with E-state index in [1.54, 1.807) is 12.4 Å². The third-order valence-corrected chi connectivity index (χ3v) is 3.42. The van der Waals surface area contributed by atoms with Crippen molar-refractivity contribution in [1.29, 1.82) is 0 Å². The van der Waals surface area contributed by atoms with E-state index in [4.69, 9.17) is 0 Å². The molecular formula is C15H17N5.